The van der Waals surface area contributed by atoms with Gasteiger partial charge in [0.1, 0.15) is 11.4 Å². The van der Waals surface area contributed by atoms with Gasteiger partial charge < -0.3 is 10.1 Å². The molecule has 0 spiro atoms. The summed E-state index contributed by atoms with van der Waals surface area (Å²) in [4.78, 5) is 2.26. The van der Waals surface area contributed by atoms with Gasteiger partial charge in [0.15, 0.2) is 0 Å². The molecule has 1 heterocycles. The Morgan fingerprint density at radius 3 is 2.29 bits per heavy atom. The molecule has 0 aliphatic heterocycles. The zero-order valence-electron chi connectivity index (χ0n) is 12.7. The summed E-state index contributed by atoms with van der Waals surface area (Å²) in [6.07, 6.45) is 0. The average molecular weight is 284 g/mol. The lowest BCUT2D eigenvalue weighted by Crippen LogP contribution is -2.29. The van der Waals surface area contributed by atoms with Gasteiger partial charge in [0.2, 0.25) is 0 Å². The van der Waals surface area contributed by atoms with E-state index in [4.69, 9.17) is 0 Å². The third-order valence-corrected chi connectivity index (χ3v) is 3.36. The Morgan fingerprint density at radius 2 is 1.67 bits per heavy atom. The first kappa shape index (κ1) is 15.0. The molecule has 5 nitrogen and oxygen atoms in total. The number of nitrogens with zero attached hydrogens (tertiary/aromatic N) is 4. The van der Waals surface area contributed by atoms with Crippen molar-refractivity contribution in [3.05, 3.63) is 53.4 Å². The molecule has 0 unspecified atom stereocenters. The third kappa shape index (κ3) is 3.56. The average Bonchev–Trinajstić information content (AvgIpc) is 2.51. The molecular formula is C16H20N4O. The maximum Gasteiger partial charge on any atom is 0.353 e. The molecule has 110 valence electrons. The van der Waals surface area contributed by atoms with Crippen molar-refractivity contribution < 1.29 is 4.73 Å². The lowest BCUT2D eigenvalue weighted by Gasteiger charge is -2.20. The van der Waals surface area contributed by atoms with Crippen LogP contribution < -0.4 is 9.63 Å². The maximum absolute atomic E-state index is 11.8. The fourth-order valence-corrected chi connectivity index (χ4v) is 2.09. The lowest BCUT2D eigenvalue weighted by molar-refractivity contribution is -0.598. The van der Waals surface area contributed by atoms with Crippen LogP contribution in [0, 0.1) is 12.1 Å². The molecule has 0 bridgehead atoms. The predicted molar refractivity (Wildman–Crippen MR) is 84.3 cm³/mol. The van der Waals surface area contributed by atoms with Gasteiger partial charge in [0, 0.05) is 24.8 Å². The van der Waals surface area contributed by atoms with Crippen molar-refractivity contribution in [3.8, 4) is 0 Å². The van der Waals surface area contributed by atoms with Crippen LogP contribution in [-0.2, 0) is 0 Å². The van der Waals surface area contributed by atoms with Crippen molar-refractivity contribution in [2.45, 2.75) is 20.8 Å². The van der Waals surface area contributed by atoms with E-state index >= 15 is 0 Å². The molecule has 1 aromatic heterocycles. The van der Waals surface area contributed by atoms with E-state index in [0.717, 1.165) is 29.2 Å². The smallest absolute Gasteiger partial charge is 0.353 e. The van der Waals surface area contributed by atoms with Crippen molar-refractivity contribution in [2.75, 3.05) is 18.0 Å². The minimum atomic E-state index is 0.294. The van der Waals surface area contributed by atoms with Gasteiger partial charge in [0.05, 0.1) is 5.11 Å². The van der Waals surface area contributed by atoms with Crippen LogP contribution in [-0.4, -0.2) is 13.1 Å². The number of rotatable bonds is 5. The second kappa shape index (κ2) is 6.83. The molecule has 21 heavy (non-hydrogen) atoms. The second-order valence-corrected chi connectivity index (χ2v) is 4.71. The molecule has 0 radical (unpaired) electrons. The van der Waals surface area contributed by atoms with Crippen molar-refractivity contribution in [1.82, 2.24) is 0 Å². The Bertz CT molecular complexity index is 619. The zero-order valence-corrected chi connectivity index (χ0v) is 12.7. The SMILES string of the molecule is CCN(CC)c1ccc(N=Nc2cccc(C)[n+]2[O-])cc1. The van der Waals surface area contributed by atoms with Gasteiger partial charge in [-0.1, -0.05) is 0 Å². The molecule has 2 aromatic rings. The minimum Gasteiger partial charge on any atom is -0.710 e. The van der Waals surface area contributed by atoms with Gasteiger partial charge in [-0.25, -0.2) is 4.73 Å². The monoisotopic (exact) mass is 284 g/mol. The number of hydrogen-bond donors (Lipinski definition) is 0. The summed E-state index contributed by atoms with van der Waals surface area (Å²) >= 11 is 0. The van der Waals surface area contributed by atoms with Crippen LogP contribution in [0.4, 0.5) is 17.2 Å². The summed E-state index contributed by atoms with van der Waals surface area (Å²) in [7, 11) is 0. The number of hydrogen-bond acceptors (Lipinski definition) is 4. The van der Waals surface area contributed by atoms with E-state index in [1.165, 1.54) is 0 Å². The number of anilines is 1. The summed E-state index contributed by atoms with van der Waals surface area (Å²) in [5.41, 5.74) is 2.49. The fraction of sp³-hybridized carbons (Fsp3) is 0.312. The molecule has 0 N–H and O–H groups in total. The highest BCUT2D eigenvalue weighted by molar-refractivity contribution is 5.52. The number of aryl methyl sites for hydroxylation is 1. The van der Waals surface area contributed by atoms with Gasteiger partial charge in [0.25, 0.3) is 0 Å². The molecule has 2 rings (SSSR count). The van der Waals surface area contributed by atoms with Crippen molar-refractivity contribution in [1.29, 1.82) is 0 Å². The molecular weight excluding hydrogens is 264 g/mol. The van der Waals surface area contributed by atoms with Crippen molar-refractivity contribution in [3.63, 3.8) is 0 Å². The summed E-state index contributed by atoms with van der Waals surface area (Å²) < 4.78 is 0.772. The first-order valence-electron chi connectivity index (χ1n) is 7.11. The van der Waals surface area contributed by atoms with E-state index in [-0.39, 0.29) is 0 Å². The number of azo groups is 1. The Labute approximate surface area is 125 Å². The Hall–Kier alpha value is -2.43. The summed E-state index contributed by atoms with van der Waals surface area (Å²) in [5, 5.41) is 19.9. The van der Waals surface area contributed by atoms with E-state index in [1.807, 2.05) is 24.3 Å². The minimum absolute atomic E-state index is 0.294. The maximum atomic E-state index is 11.8. The predicted octanol–water partition coefficient (Wildman–Crippen LogP) is 3.89. The zero-order chi connectivity index (χ0) is 15.2. The molecule has 0 amide bonds. The van der Waals surface area contributed by atoms with Crippen LogP contribution >= 0.6 is 0 Å². The largest absolute Gasteiger partial charge is 0.710 e. The van der Waals surface area contributed by atoms with Gasteiger partial charge in [-0.2, -0.15) is 0 Å². The Kier molecular flexibility index (Phi) is 4.87. The van der Waals surface area contributed by atoms with Gasteiger partial charge in [-0.15, -0.1) is 0 Å². The van der Waals surface area contributed by atoms with Crippen molar-refractivity contribution >= 4 is 17.2 Å². The van der Waals surface area contributed by atoms with E-state index in [0.29, 0.717) is 11.5 Å². The van der Waals surface area contributed by atoms with E-state index in [9.17, 15) is 5.21 Å². The van der Waals surface area contributed by atoms with E-state index in [2.05, 4.69) is 29.0 Å². The van der Waals surface area contributed by atoms with Gasteiger partial charge >= 0.3 is 5.82 Å². The normalized spacial score (nSPS) is 11.0. The Balaban J connectivity index is 2.16. The standard InChI is InChI=1S/C16H20N4O/c1-4-19(5-2)15-11-9-14(10-12-15)17-18-16-8-6-7-13(3)20(16)21/h6-12H,4-5H2,1-3H3. The first-order chi connectivity index (χ1) is 10.2. The summed E-state index contributed by atoms with van der Waals surface area (Å²) in [5.74, 6) is 0.294. The van der Waals surface area contributed by atoms with Gasteiger partial charge in [-0.3, -0.25) is 0 Å². The van der Waals surface area contributed by atoms with Crippen LogP contribution in [0.2, 0.25) is 0 Å². The van der Waals surface area contributed by atoms with Crippen LogP contribution in [0.25, 0.3) is 0 Å². The fourth-order valence-electron chi connectivity index (χ4n) is 2.09. The molecule has 0 atom stereocenters. The molecule has 0 aliphatic rings. The first-order valence-corrected chi connectivity index (χ1v) is 7.11. The second-order valence-electron chi connectivity index (χ2n) is 4.71. The van der Waals surface area contributed by atoms with Crippen LogP contribution in [0.5, 0.6) is 0 Å². The summed E-state index contributed by atoms with van der Waals surface area (Å²) in [6, 6.07) is 13.0. The highest BCUT2D eigenvalue weighted by atomic mass is 16.5. The quantitative estimate of drug-likeness (QED) is 0.475. The van der Waals surface area contributed by atoms with E-state index < -0.39 is 0 Å². The molecule has 0 fully saturated rings. The summed E-state index contributed by atoms with van der Waals surface area (Å²) in [6.45, 7) is 7.93. The number of benzene rings is 1. The molecule has 5 heteroatoms. The van der Waals surface area contributed by atoms with Crippen molar-refractivity contribution in [2.24, 2.45) is 10.2 Å². The topological polar surface area (TPSA) is 54.9 Å². The molecule has 1 aromatic carbocycles. The van der Waals surface area contributed by atoms with Gasteiger partial charge in [-0.05, 0) is 62.3 Å². The molecule has 0 aliphatic carbocycles. The van der Waals surface area contributed by atoms with E-state index in [1.54, 1.807) is 25.1 Å². The molecule has 0 saturated carbocycles. The van der Waals surface area contributed by atoms with Crippen LogP contribution in [0.15, 0.2) is 52.7 Å². The van der Waals surface area contributed by atoms with Crippen LogP contribution in [0.1, 0.15) is 19.5 Å². The highest BCUT2D eigenvalue weighted by Gasteiger charge is 2.06. The lowest BCUT2D eigenvalue weighted by atomic mass is 10.2. The Morgan fingerprint density at radius 1 is 1.00 bits per heavy atom. The molecule has 0 saturated heterocycles. The number of pyridine rings is 1. The third-order valence-electron chi connectivity index (χ3n) is 3.36. The highest BCUT2D eigenvalue weighted by Crippen LogP contribution is 2.21. The van der Waals surface area contributed by atoms with Crippen LogP contribution in [0.3, 0.4) is 0 Å². The number of aromatic nitrogens is 1.